The molecule has 3 aromatic rings. The lowest BCUT2D eigenvalue weighted by atomic mass is 10.2. The van der Waals surface area contributed by atoms with E-state index in [4.69, 9.17) is 4.74 Å². The molecular weight excluding hydrogens is 368 g/mol. The number of hydrogen-bond acceptors (Lipinski definition) is 5. The zero-order valence-electron chi connectivity index (χ0n) is 14.9. The molecule has 0 unspecified atom stereocenters. The SMILES string of the molecule is COc1cccc(Cn2nc3c(S(=O)(=O)N4CCCC4)cccn3c2=O)c1. The Morgan fingerprint density at radius 1 is 1.15 bits per heavy atom. The zero-order valence-corrected chi connectivity index (χ0v) is 15.7. The predicted molar refractivity (Wildman–Crippen MR) is 99.5 cm³/mol. The van der Waals surface area contributed by atoms with Crippen LogP contribution >= 0.6 is 0 Å². The summed E-state index contributed by atoms with van der Waals surface area (Å²) in [6.07, 6.45) is 3.23. The summed E-state index contributed by atoms with van der Waals surface area (Å²) >= 11 is 0. The third-order valence-electron chi connectivity index (χ3n) is 4.72. The summed E-state index contributed by atoms with van der Waals surface area (Å²) < 4.78 is 35.1. The van der Waals surface area contributed by atoms with Crippen LogP contribution in [0.2, 0.25) is 0 Å². The van der Waals surface area contributed by atoms with Gasteiger partial charge < -0.3 is 4.74 Å². The van der Waals surface area contributed by atoms with Gasteiger partial charge in [0.25, 0.3) is 0 Å². The van der Waals surface area contributed by atoms with Gasteiger partial charge >= 0.3 is 5.69 Å². The van der Waals surface area contributed by atoms with Crippen LogP contribution in [0.5, 0.6) is 5.75 Å². The van der Waals surface area contributed by atoms with E-state index in [0.29, 0.717) is 18.8 Å². The normalized spacial score (nSPS) is 15.4. The maximum absolute atomic E-state index is 13.0. The van der Waals surface area contributed by atoms with Crippen molar-refractivity contribution in [2.45, 2.75) is 24.3 Å². The Bertz CT molecular complexity index is 1140. The number of aromatic nitrogens is 3. The lowest BCUT2D eigenvalue weighted by Crippen LogP contribution is -2.28. The molecule has 0 amide bonds. The van der Waals surface area contributed by atoms with Crippen molar-refractivity contribution < 1.29 is 13.2 Å². The van der Waals surface area contributed by atoms with E-state index in [1.807, 2.05) is 24.3 Å². The Morgan fingerprint density at radius 3 is 2.67 bits per heavy atom. The smallest absolute Gasteiger partial charge is 0.350 e. The number of fused-ring (bicyclic) bond motifs is 1. The molecule has 0 saturated carbocycles. The Morgan fingerprint density at radius 2 is 1.93 bits per heavy atom. The quantitative estimate of drug-likeness (QED) is 0.658. The van der Waals surface area contributed by atoms with Gasteiger partial charge in [0.15, 0.2) is 5.65 Å². The molecule has 1 saturated heterocycles. The fraction of sp³-hybridized carbons (Fsp3) is 0.333. The molecule has 3 heterocycles. The van der Waals surface area contributed by atoms with Gasteiger partial charge in [-0.3, -0.25) is 0 Å². The number of pyridine rings is 1. The van der Waals surface area contributed by atoms with E-state index in [0.717, 1.165) is 18.4 Å². The van der Waals surface area contributed by atoms with Crippen molar-refractivity contribution in [3.63, 3.8) is 0 Å². The summed E-state index contributed by atoms with van der Waals surface area (Å²) in [6.45, 7) is 1.22. The van der Waals surface area contributed by atoms with Gasteiger partial charge in [-0.1, -0.05) is 12.1 Å². The molecule has 1 aliphatic heterocycles. The van der Waals surface area contributed by atoms with Crippen LogP contribution in [-0.4, -0.2) is 47.1 Å². The number of rotatable bonds is 5. The van der Waals surface area contributed by atoms with Gasteiger partial charge in [0, 0.05) is 19.3 Å². The van der Waals surface area contributed by atoms with E-state index in [2.05, 4.69) is 5.10 Å². The van der Waals surface area contributed by atoms with Crippen LogP contribution in [0.4, 0.5) is 0 Å². The fourth-order valence-corrected chi connectivity index (χ4v) is 4.97. The number of nitrogens with zero attached hydrogens (tertiary/aromatic N) is 4. The van der Waals surface area contributed by atoms with E-state index >= 15 is 0 Å². The van der Waals surface area contributed by atoms with Gasteiger partial charge in [0.1, 0.15) is 10.6 Å². The van der Waals surface area contributed by atoms with Crippen molar-refractivity contribution in [1.29, 1.82) is 0 Å². The van der Waals surface area contributed by atoms with Gasteiger partial charge in [-0.05, 0) is 42.7 Å². The van der Waals surface area contributed by atoms with Crippen LogP contribution in [-0.2, 0) is 16.6 Å². The van der Waals surface area contributed by atoms with E-state index in [-0.39, 0.29) is 22.8 Å². The van der Waals surface area contributed by atoms with Crippen LogP contribution in [0.25, 0.3) is 5.65 Å². The highest BCUT2D eigenvalue weighted by Gasteiger charge is 2.30. The second-order valence-corrected chi connectivity index (χ2v) is 8.38. The zero-order chi connectivity index (χ0) is 19.0. The maximum Gasteiger partial charge on any atom is 0.350 e. The molecule has 0 N–H and O–H groups in total. The topological polar surface area (TPSA) is 85.9 Å². The van der Waals surface area contributed by atoms with Crippen molar-refractivity contribution in [3.8, 4) is 5.75 Å². The monoisotopic (exact) mass is 388 g/mol. The van der Waals surface area contributed by atoms with Gasteiger partial charge in [0.05, 0.1) is 13.7 Å². The second-order valence-electron chi connectivity index (χ2n) is 6.47. The van der Waals surface area contributed by atoms with Crippen LogP contribution in [0.1, 0.15) is 18.4 Å². The second kappa shape index (κ2) is 6.82. The van der Waals surface area contributed by atoms with Crippen LogP contribution < -0.4 is 10.4 Å². The first-order valence-corrected chi connectivity index (χ1v) is 10.2. The maximum atomic E-state index is 13.0. The van der Waals surface area contributed by atoms with Crippen molar-refractivity contribution >= 4 is 15.7 Å². The first-order chi connectivity index (χ1) is 13.0. The van der Waals surface area contributed by atoms with Gasteiger partial charge in [-0.25, -0.2) is 22.3 Å². The highest BCUT2D eigenvalue weighted by Crippen LogP contribution is 2.23. The predicted octanol–water partition coefficient (Wildman–Crippen LogP) is 1.34. The molecule has 2 aromatic heterocycles. The Hall–Kier alpha value is -2.65. The molecule has 142 valence electrons. The molecule has 1 aliphatic rings. The molecule has 4 rings (SSSR count). The van der Waals surface area contributed by atoms with E-state index < -0.39 is 10.0 Å². The average molecular weight is 388 g/mol. The minimum Gasteiger partial charge on any atom is -0.497 e. The molecule has 27 heavy (non-hydrogen) atoms. The number of ether oxygens (including phenoxy) is 1. The Labute approximate surface area is 156 Å². The van der Waals surface area contributed by atoms with Gasteiger partial charge in [0.2, 0.25) is 10.0 Å². The van der Waals surface area contributed by atoms with Crippen molar-refractivity contribution in [3.05, 3.63) is 58.6 Å². The lowest BCUT2D eigenvalue weighted by Gasteiger charge is -2.15. The molecule has 8 nitrogen and oxygen atoms in total. The summed E-state index contributed by atoms with van der Waals surface area (Å²) in [7, 11) is -2.10. The molecule has 9 heteroatoms. The molecule has 0 atom stereocenters. The minimum absolute atomic E-state index is 0.0633. The highest BCUT2D eigenvalue weighted by atomic mass is 32.2. The summed E-state index contributed by atoms with van der Waals surface area (Å²) in [5.41, 5.74) is 0.604. The molecule has 1 aromatic carbocycles. The number of sulfonamides is 1. The third kappa shape index (κ3) is 3.13. The molecule has 0 spiro atoms. The Kier molecular flexibility index (Phi) is 4.48. The Balaban J connectivity index is 1.78. The van der Waals surface area contributed by atoms with Crippen molar-refractivity contribution in [2.24, 2.45) is 0 Å². The number of methoxy groups -OCH3 is 1. The number of hydrogen-bond donors (Lipinski definition) is 0. The van der Waals surface area contributed by atoms with Gasteiger partial charge in [-0.2, -0.15) is 4.31 Å². The van der Waals surface area contributed by atoms with Gasteiger partial charge in [-0.15, -0.1) is 5.10 Å². The lowest BCUT2D eigenvalue weighted by molar-refractivity contribution is 0.414. The van der Waals surface area contributed by atoms with Crippen LogP contribution in [0.15, 0.2) is 52.3 Å². The van der Waals surface area contributed by atoms with Crippen molar-refractivity contribution in [2.75, 3.05) is 20.2 Å². The first-order valence-electron chi connectivity index (χ1n) is 8.72. The molecule has 1 fully saturated rings. The summed E-state index contributed by atoms with van der Waals surface area (Å²) in [5.74, 6) is 0.682. The highest BCUT2D eigenvalue weighted by molar-refractivity contribution is 7.89. The molecule has 0 radical (unpaired) electrons. The first kappa shape index (κ1) is 17.7. The molecule has 0 bridgehead atoms. The molecular formula is C18H20N4O4S. The average Bonchev–Trinajstić information content (AvgIpc) is 3.32. The van der Waals surface area contributed by atoms with E-state index in [1.165, 1.54) is 25.7 Å². The van der Waals surface area contributed by atoms with E-state index in [9.17, 15) is 13.2 Å². The summed E-state index contributed by atoms with van der Waals surface area (Å²) in [4.78, 5) is 12.8. The molecule has 0 aliphatic carbocycles. The minimum atomic E-state index is -3.67. The third-order valence-corrected chi connectivity index (χ3v) is 6.64. The standard InChI is InChI=1S/C18H20N4O4S/c1-26-15-7-4-6-14(12-15)13-22-18(23)21-11-5-8-16(17(21)19-22)27(24,25)20-9-2-3-10-20/h4-8,11-12H,2-3,9-10,13H2,1H3. The number of benzene rings is 1. The largest absolute Gasteiger partial charge is 0.497 e. The van der Waals surface area contributed by atoms with E-state index in [1.54, 1.807) is 13.2 Å². The van der Waals surface area contributed by atoms with Crippen LogP contribution in [0.3, 0.4) is 0 Å². The van der Waals surface area contributed by atoms with Crippen molar-refractivity contribution in [1.82, 2.24) is 18.5 Å². The summed E-state index contributed by atoms with van der Waals surface area (Å²) in [6, 6.07) is 10.4. The van der Waals surface area contributed by atoms with Crippen LogP contribution in [0, 0.1) is 0 Å². The summed E-state index contributed by atoms with van der Waals surface area (Å²) in [5, 5.41) is 4.32. The fourth-order valence-electron chi connectivity index (χ4n) is 3.33.